The first kappa shape index (κ1) is 38.9. The van der Waals surface area contributed by atoms with Gasteiger partial charge in [-0.2, -0.15) is 0 Å². The number of rotatable bonds is 14. The molecular formula is C43H65NO5. The van der Waals surface area contributed by atoms with Gasteiger partial charge in [0.2, 0.25) is 5.91 Å². The first-order valence-electron chi connectivity index (χ1n) is 19.1. The fourth-order valence-corrected chi connectivity index (χ4v) is 10.5. The van der Waals surface area contributed by atoms with Crippen LogP contribution in [0.3, 0.4) is 0 Å². The number of benzene rings is 1. The molecule has 4 rings (SSSR count). The van der Waals surface area contributed by atoms with E-state index in [0.717, 1.165) is 56.1 Å². The Bertz CT molecular complexity index is 1410. The van der Waals surface area contributed by atoms with Crippen molar-refractivity contribution in [3.05, 3.63) is 53.6 Å². The molecule has 0 spiro atoms. The summed E-state index contributed by atoms with van der Waals surface area (Å²) in [5, 5.41) is 22.4. The molecule has 3 fully saturated rings. The van der Waals surface area contributed by atoms with Gasteiger partial charge in [0.15, 0.2) is 0 Å². The Labute approximate surface area is 296 Å². The highest BCUT2D eigenvalue weighted by atomic mass is 16.4. The van der Waals surface area contributed by atoms with Crippen LogP contribution in [0.25, 0.3) is 5.57 Å². The Morgan fingerprint density at radius 1 is 0.918 bits per heavy atom. The third-order valence-electron chi connectivity index (χ3n) is 13.8. The van der Waals surface area contributed by atoms with Crippen LogP contribution >= 0.6 is 0 Å². The fraction of sp³-hybridized carbons (Fsp3) is 0.698. The number of hydrogen-bond donors (Lipinski definition) is 3. The zero-order chi connectivity index (χ0) is 36.4. The second kappa shape index (κ2) is 15.2. The number of fused-ring (bicyclic) bond motifs is 1. The topological polar surface area (TPSA) is 104 Å². The van der Waals surface area contributed by atoms with Crippen molar-refractivity contribution in [2.45, 2.75) is 145 Å². The van der Waals surface area contributed by atoms with Crippen molar-refractivity contribution in [2.75, 3.05) is 0 Å². The van der Waals surface area contributed by atoms with Gasteiger partial charge in [-0.25, -0.2) is 9.59 Å². The number of carboxylic acids is 2. The average molecular weight is 676 g/mol. The van der Waals surface area contributed by atoms with E-state index in [1.807, 2.05) is 26.0 Å². The zero-order valence-corrected chi connectivity index (χ0v) is 31.8. The third-order valence-corrected chi connectivity index (χ3v) is 13.8. The molecule has 1 amide bonds. The van der Waals surface area contributed by atoms with Gasteiger partial charge in [0, 0.05) is 5.41 Å². The molecule has 0 saturated heterocycles. The lowest BCUT2D eigenvalue weighted by Gasteiger charge is -2.63. The average Bonchev–Trinajstić information content (AvgIpc) is 3.47. The summed E-state index contributed by atoms with van der Waals surface area (Å²) in [6.07, 6.45) is 15.3. The van der Waals surface area contributed by atoms with Crippen LogP contribution in [0.4, 0.5) is 0 Å². The van der Waals surface area contributed by atoms with Crippen LogP contribution in [0.1, 0.15) is 155 Å². The van der Waals surface area contributed by atoms with Crippen molar-refractivity contribution < 1.29 is 24.6 Å². The summed E-state index contributed by atoms with van der Waals surface area (Å²) >= 11 is 0. The third kappa shape index (κ3) is 8.20. The molecule has 0 aliphatic heterocycles. The molecule has 6 nitrogen and oxygen atoms in total. The van der Waals surface area contributed by atoms with E-state index in [9.17, 15) is 24.6 Å². The van der Waals surface area contributed by atoms with Crippen LogP contribution in [0.2, 0.25) is 0 Å². The Morgan fingerprint density at radius 3 is 2.12 bits per heavy atom. The molecular weight excluding hydrogens is 610 g/mol. The van der Waals surface area contributed by atoms with E-state index in [0.29, 0.717) is 29.7 Å². The second-order valence-corrected chi connectivity index (χ2v) is 17.9. The van der Waals surface area contributed by atoms with Crippen molar-refractivity contribution in [3.63, 3.8) is 0 Å². The highest BCUT2D eigenvalue weighted by Crippen LogP contribution is 2.67. The molecule has 0 bridgehead atoms. The lowest BCUT2D eigenvalue weighted by Crippen LogP contribution is -2.55. The number of amides is 1. The highest BCUT2D eigenvalue weighted by Gasteiger charge is 2.59. The summed E-state index contributed by atoms with van der Waals surface area (Å²) in [6.45, 7) is 22.3. The first-order valence-corrected chi connectivity index (χ1v) is 19.1. The SMILES string of the molecule is C=C(C)C1CCC(CCC2(C)CCCC3C(C)(CC=C(c4ccc(C(=O)O)cc4)C(C)C)CCCC32C)(C(=O)NC(CC(C)C)C(=O)O)C1. The number of allylic oxidation sites excluding steroid dienone is 3. The van der Waals surface area contributed by atoms with Gasteiger partial charge in [-0.1, -0.05) is 91.7 Å². The molecule has 0 radical (unpaired) electrons. The molecule has 7 unspecified atom stereocenters. The van der Waals surface area contributed by atoms with E-state index >= 15 is 0 Å². The number of carbonyl (C=O) groups is 3. The number of aliphatic carboxylic acids is 1. The smallest absolute Gasteiger partial charge is 0.335 e. The van der Waals surface area contributed by atoms with Crippen LogP contribution in [0.5, 0.6) is 0 Å². The molecule has 1 aromatic rings. The molecule has 6 heteroatoms. The molecule has 3 aliphatic carbocycles. The van der Waals surface area contributed by atoms with Gasteiger partial charge in [0.05, 0.1) is 5.56 Å². The summed E-state index contributed by atoms with van der Waals surface area (Å²) in [5.41, 5.74) is 3.61. The van der Waals surface area contributed by atoms with Gasteiger partial charge >= 0.3 is 11.9 Å². The van der Waals surface area contributed by atoms with Gasteiger partial charge < -0.3 is 15.5 Å². The minimum absolute atomic E-state index is 0.0679. The van der Waals surface area contributed by atoms with Crippen molar-refractivity contribution in [1.82, 2.24) is 5.32 Å². The van der Waals surface area contributed by atoms with Gasteiger partial charge in [0.25, 0.3) is 0 Å². The maximum Gasteiger partial charge on any atom is 0.335 e. The number of aromatic carboxylic acids is 1. The number of carbonyl (C=O) groups excluding carboxylic acids is 1. The zero-order valence-electron chi connectivity index (χ0n) is 31.8. The predicted molar refractivity (Wildman–Crippen MR) is 199 cm³/mol. The Kier molecular flexibility index (Phi) is 12.0. The number of hydrogen-bond acceptors (Lipinski definition) is 3. The predicted octanol–water partition coefficient (Wildman–Crippen LogP) is 10.6. The van der Waals surface area contributed by atoms with Crippen molar-refractivity contribution in [3.8, 4) is 0 Å². The van der Waals surface area contributed by atoms with Gasteiger partial charge in [-0.05, 0) is 141 Å². The Morgan fingerprint density at radius 2 is 1.57 bits per heavy atom. The van der Waals surface area contributed by atoms with E-state index in [2.05, 4.69) is 59.5 Å². The van der Waals surface area contributed by atoms with Crippen LogP contribution < -0.4 is 5.32 Å². The normalized spacial score (nSPS) is 32.5. The highest BCUT2D eigenvalue weighted by molar-refractivity contribution is 5.88. The van der Waals surface area contributed by atoms with E-state index in [-0.39, 0.29) is 28.1 Å². The first-order chi connectivity index (χ1) is 22.9. The minimum Gasteiger partial charge on any atom is -0.480 e. The molecule has 49 heavy (non-hydrogen) atoms. The van der Waals surface area contributed by atoms with Gasteiger partial charge in [0.1, 0.15) is 6.04 Å². The molecule has 7 atom stereocenters. The molecule has 1 aromatic carbocycles. The quantitative estimate of drug-likeness (QED) is 0.170. The van der Waals surface area contributed by atoms with E-state index in [1.165, 1.54) is 37.7 Å². The van der Waals surface area contributed by atoms with E-state index in [4.69, 9.17) is 0 Å². The summed E-state index contributed by atoms with van der Waals surface area (Å²) in [7, 11) is 0. The fourth-order valence-electron chi connectivity index (χ4n) is 10.5. The Hall–Kier alpha value is -2.89. The monoisotopic (exact) mass is 675 g/mol. The van der Waals surface area contributed by atoms with Crippen molar-refractivity contribution in [1.29, 1.82) is 0 Å². The molecule has 0 heterocycles. The van der Waals surface area contributed by atoms with E-state index in [1.54, 1.807) is 12.1 Å². The number of carboxylic acid groups (broad SMARTS) is 2. The summed E-state index contributed by atoms with van der Waals surface area (Å²) < 4.78 is 0. The molecule has 3 saturated carbocycles. The van der Waals surface area contributed by atoms with Crippen molar-refractivity contribution in [2.24, 2.45) is 45.3 Å². The summed E-state index contributed by atoms with van der Waals surface area (Å²) in [6, 6.07) is 6.47. The maximum atomic E-state index is 14.2. The van der Waals surface area contributed by atoms with Gasteiger partial charge in [-0.15, -0.1) is 0 Å². The molecule has 3 N–H and O–H groups in total. The number of nitrogens with one attached hydrogen (secondary N) is 1. The standard InChI is InChI=1S/C43H65NO5/c1-28(2)26-35(38(47)48)44-39(49)43(23-17-33(27-43)29(3)4)25-24-41(8)20-10-12-36-40(7,19-11-21-42(36,41)9)22-18-34(30(5)6)31-13-15-32(16-14-31)37(45)46/h13-16,18,28,30,33,35-36H,3,10-12,17,19-27H2,1-2,4-9H3,(H,44,49)(H,45,46)(H,47,48). The second-order valence-electron chi connectivity index (χ2n) is 17.9. The molecule has 0 aromatic heterocycles. The van der Waals surface area contributed by atoms with Crippen LogP contribution in [0.15, 0.2) is 42.5 Å². The maximum absolute atomic E-state index is 14.2. The molecule has 3 aliphatic rings. The van der Waals surface area contributed by atoms with Crippen molar-refractivity contribution >= 4 is 23.4 Å². The summed E-state index contributed by atoms with van der Waals surface area (Å²) in [4.78, 5) is 37.8. The summed E-state index contributed by atoms with van der Waals surface area (Å²) in [5.74, 6) is -0.569. The Balaban J connectivity index is 1.59. The van der Waals surface area contributed by atoms with Crippen LogP contribution in [0, 0.1) is 45.3 Å². The largest absolute Gasteiger partial charge is 0.480 e. The van der Waals surface area contributed by atoms with Gasteiger partial charge in [-0.3, -0.25) is 4.79 Å². The molecule has 272 valence electrons. The minimum atomic E-state index is -0.949. The lowest BCUT2D eigenvalue weighted by molar-refractivity contribution is -0.146. The van der Waals surface area contributed by atoms with Crippen LogP contribution in [-0.4, -0.2) is 34.1 Å². The van der Waals surface area contributed by atoms with Crippen LogP contribution in [-0.2, 0) is 9.59 Å². The lowest BCUT2D eigenvalue weighted by atomic mass is 9.42. The van der Waals surface area contributed by atoms with E-state index < -0.39 is 23.4 Å².